The largest absolute Gasteiger partial charge is 0.467 e. The molecule has 0 radical (unpaired) electrons. The molecule has 1 atom stereocenters. The minimum atomic E-state index is -4.43. The van der Waals surface area contributed by atoms with E-state index in [0.717, 1.165) is 43.0 Å². The van der Waals surface area contributed by atoms with Gasteiger partial charge >= 0.3 is 6.18 Å². The number of alkyl halides is 3. The molecule has 156 valence electrons. The van der Waals surface area contributed by atoms with Gasteiger partial charge in [-0.15, -0.1) is 0 Å². The third kappa shape index (κ3) is 5.40. The van der Waals surface area contributed by atoms with Crippen LogP contribution in [0, 0.1) is 0 Å². The predicted molar refractivity (Wildman–Crippen MR) is 108 cm³/mol. The Balaban J connectivity index is 2.15. The van der Waals surface area contributed by atoms with Crippen LogP contribution in [0.5, 0.6) is 5.75 Å². The SMILES string of the molecule is COCOc1ccc(C(F)(F)F)cc1/C(=C/C1CCCCN1C)c1ccccc1. The number of benzene rings is 2. The maximum Gasteiger partial charge on any atom is 0.416 e. The predicted octanol–water partition coefficient (Wildman–Crippen LogP) is 5.60. The Hall–Kier alpha value is -2.31. The molecule has 0 saturated carbocycles. The molecule has 2 aromatic rings. The van der Waals surface area contributed by atoms with E-state index < -0.39 is 11.7 Å². The molecule has 1 aliphatic rings. The zero-order chi connectivity index (χ0) is 20.9. The monoisotopic (exact) mass is 405 g/mol. The number of nitrogens with zero attached hydrogens (tertiary/aromatic N) is 1. The lowest BCUT2D eigenvalue weighted by Crippen LogP contribution is -2.34. The van der Waals surface area contributed by atoms with Crippen molar-refractivity contribution < 1.29 is 22.6 Å². The summed E-state index contributed by atoms with van der Waals surface area (Å²) in [5.74, 6) is 0.369. The number of piperidine rings is 1. The molecule has 6 heteroatoms. The van der Waals surface area contributed by atoms with Crippen LogP contribution in [0.2, 0.25) is 0 Å². The molecule has 0 amide bonds. The number of hydrogen-bond acceptors (Lipinski definition) is 3. The smallest absolute Gasteiger partial charge is 0.416 e. The van der Waals surface area contributed by atoms with Crippen LogP contribution in [0.1, 0.15) is 36.0 Å². The molecule has 0 N–H and O–H groups in total. The summed E-state index contributed by atoms with van der Waals surface area (Å²) in [7, 11) is 3.53. The van der Waals surface area contributed by atoms with Gasteiger partial charge in [0.2, 0.25) is 0 Å². The van der Waals surface area contributed by atoms with E-state index in [4.69, 9.17) is 9.47 Å². The zero-order valence-corrected chi connectivity index (χ0v) is 16.7. The second-order valence-corrected chi connectivity index (χ2v) is 7.25. The van der Waals surface area contributed by atoms with E-state index >= 15 is 0 Å². The van der Waals surface area contributed by atoms with Crippen molar-refractivity contribution in [3.8, 4) is 5.75 Å². The number of likely N-dealkylation sites (tertiary alicyclic amines) is 1. The summed E-state index contributed by atoms with van der Waals surface area (Å²) in [5, 5.41) is 0. The highest BCUT2D eigenvalue weighted by molar-refractivity contribution is 5.83. The van der Waals surface area contributed by atoms with Crippen molar-refractivity contribution in [3.63, 3.8) is 0 Å². The lowest BCUT2D eigenvalue weighted by molar-refractivity contribution is -0.137. The number of likely N-dealkylation sites (N-methyl/N-ethyl adjacent to an activating group) is 1. The summed E-state index contributed by atoms with van der Waals surface area (Å²) in [6.07, 6.45) is 0.845. The van der Waals surface area contributed by atoms with Gasteiger partial charge in [0.15, 0.2) is 6.79 Å². The third-order valence-corrected chi connectivity index (χ3v) is 5.20. The number of methoxy groups -OCH3 is 1. The summed E-state index contributed by atoms with van der Waals surface area (Å²) in [4.78, 5) is 2.25. The summed E-state index contributed by atoms with van der Waals surface area (Å²) in [6.45, 7) is 0.933. The van der Waals surface area contributed by atoms with Crippen LogP contribution < -0.4 is 4.74 Å². The average molecular weight is 405 g/mol. The third-order valence-electron chi connectivity index (χ3n) is 5.20. The minimum Gasteiger partial charge on any atom is -0.467 e. The van der Waals surface area contributed by atoms with Crippen molar-refractivity contribution in [2.45, 2.75) is 31.5 Å². The number of hydrogen-bond donors (Lipinski definition) is 0. The summed E-state index contributed by atoms with van der Waals surface area (Å²) < 4.78 is 50.9. The topological polar surface area (TPSA) is 21.7 Å². The Morgan fingerprint density at radius 3 is 2.55 bits per heavy atom. The van der Waals surface area contributed by atoms with Gasteiger partial charge in [0.25, 0.3) is 0 Å². The molecule has 0 aromatic heterocycles. The molecule has 0 bridgehead atoms. The fraction of sp³-hybridized carbons (Fsp3) is 0.391. The van der Waals surface area contributed by atoms with Gasteiger partial charge in [-0.3, -0.25) is 4.90 Å². The molecule has 1 heterocycles. The van der Waals surface area contributed by atoms with Gasteiger partial charge < -0.3 is 9.47 Å². The maximum atomic E-state index is 13.4. The van der Waals surface area contributed by atoms with Crippen LogP contribution in [0.4, 0.5) is 13.2 Å². The van der Waals surface area contributed by atoms with Crippen LogP contribution in [0.15, 0.2) is 54.6 Å². The summed E-state index contributed by atoms with van der Waals surface area (Å²) in [6, 6.07) is 13.2. The quantitative estimate of drug-likeness (QED) is 0.584. The van der Waals surface area contributed by atoms with E-state index in [2.05, 4.69) is 18.0 Å². The fourth-order valence-corrected chi connectivity index (χ4v) is 3.63. The van der Waals surface area contributed by atoms with E-state index in [0.29, 0.717) is 11.3 Å². The Morgan fingerprint density at radius 2 is 1.90 bits per heavy atom. The second kappa shape index (κ2) is 9.46. The van der Waals surface area contributed by atoms with Crippen LogP contribution in [0.25, 0.3) is 5.57 Å². The van der Waals surface area contributed by atoms with Crippen LogP contribution in [0.3, 0.4) is 0 Å². The molecule has 3 nitrogen and oxygen atoms in total. The molecule has 1 aliphatic heterocycles. The first-order valence-electron chi connectivity index (χ1n) is 9.71. The molecular formula is C23H26F3NO2. The van der Waals surface area contributed by atoms with Gasteiger partial charge in [0.1, 0.15) is 5.75 Å². The van der Waals surface area contributed by atoms with Gasteiger partial charge in [-0.25, -0.2) is 0 Å². The fourth-order valence-electron chi connectivity index (χ4n) is 3.63. The van der Waals surface area contributed by atoms with E-state index in [1.165, 1.54) is 19.2 Å². The Labute approximate surface area is 169 Å². The van der Waals surface area contributed by atoms with Crippen molar-refractivity contribution in [1.29, 1.82) is 0 Å². The molecule has 29 heavy (non-hydrogen) atoms. The van der Waals surface area contributed by atoms with Crippen molar-refractivity contribution in [2.75, 3.05) is 27.5 Å². The zero-order valence-electron chi connectivity index (χ0n) is 16.7. The Bertz CT molecular complexity index is 834. The minimum absolute atomic E-state index is 0.0379. The van der Waals surface area contributed by atoms with E-state index in [-0.39, 0.29) is 12.8 Å². The van der Waals surface area contributed by atoms with Crippen LogP contribution >= 0.6 is 0 Å². The van der Waals surface area contributed by atoms with Crippen molar-refractivity contribution >= 4 is 5.57 Å². The molecule has 1 fully saturated rings. The van der Waals surface area contributed by atoms with Gasteiger partial charge in [-0.2, -0.15) is 13.2 Å². The number of halogens is 3. The highest BCUT2D eigenvalue weighted by Gasteiger charge is 2.32. The molecule has 2 aromatic carbocycles. The first-order chi connectivity index (χ1) is 13.9. The standard InChI is InChI=1S/C23H26F3NO2/c1-27-13-7-6-10-19(27)15-20(17-8-4-3-5-9-17)21-14-18(23(24,25)26)11-12-22(21)29-16-28-2/h3-5,8-9,11-12,14-15,19H,6-7,10,13,16H2,1-2H3/b20-15+. The highest BCUT2D eigenvalue weighted by Crippen LogP contribution is 2.38. The molecule has 0 spiro atoms. The van der Waals surface area contributed by atoms with Crippen molar-refractivity contribution in [1.82, 2.24) is 4.90 Å². The van der Waals surface area contributed by atoms with E-state index in [1.807, 2.05) is 30.3 Å². The normalized spacial score (nSPS) is 18.7. The van der Waals surface area contributed by atoms with Crippen molar-refractivity contribution in [2.24, 2.45) is 0 Å². The van der Waals surface area contributed by atoms with Gasteiger partial charge in [0, 0.05) is 18.7 Å². The Morgan fingerprint density at radius 1 is 1.14 bits per heavy atom. The van der Waals surface area contributed by atoms with Gasteiger partial charge in [-0.1, -0.05) is 42.8 Å². The van der Waals surface area contributed by atoms with E-state index in [9.17, 15) is 13.2 Å². The first kappa shape index (κ1) is 21.4. The maximum absolute atomic E-state index is 13.4. The second-order valence-electron chi connectivity index (χ2n) is 7.25. The summed E-state index contributed by atoms with van der Waals surface area (Å²) in [5.41, 5.74) is 1.31. The lowest BCUT2D eigenvalue weighted by atomic mass is 9.91. The molecular weight excluding hydrogens is 379 g/mol. The van der Waals surface area contributed by atoms with Gasteiger partial charge in [0.05, 0.1) is 5.56 Å². The molecule has 1 saturated heterocycles. The highest BCUT2D eigenvalue weighted by atomic mass is 19.4. The number of ether oxygens (including phenoxy) is 2. The lowest BCUT2D eigenvalue weighted by Gasteiger charge is -2.31. The van der Waals surface area contributed by atoms with E-state index in [1.54, 1.807) is 0 Å². The molecule has 0 aliphatic carbocycles. The van der Waals surface area contributed by atoms with Crippen molar-refractivity contribution in [3.05, 3.63) is 71.3 Å². The van der Waals surface area contributed by atoms with Crippen LogP contribution in [-0.2, 0) is 10.9 Å². The summed E-state index contributed by atoms with van der Waals surface area (Å²) >= 11 is 0. The molecule has 3 rings (SSSR count). The molecule has 1 unspecified atom stereocenters. The van der Waals surface area contributed by atoms with Crippen LogP contribution in [-0.4, -0.2) is 38.4 Å². The first-order valence-corrected chi connectivity index (χ1v) is 9.71. The number of rotatable bonds is 6. The van der Waals surface area contributed by atoms with Gasteiger partial charge in [-0.05, 0) is 55.8 Å². The average Bonchev–Trinajstić information content (AvgIpc) is 2.71. The Kier molecular flexibility index (Phi) is 6.98.